The standard InChI is InChI=1S/C24H21FN2/c1-16-13-17(2)24(18(3)14-16)27-15-22(19-7-5-4-6-8-19)23(26-27)20-9-11-21(25)12-10-20/h4-15H,1-3H3. The van der Waals surface area contributed by atoms with E-state index < -0.39 is 0 Å². The molecule has 1 heterocycles. The van der Waals surface area contributed by atoms with E-state index in [1.54, 1.807) is 12.1 Å². The van der Waals surface area contributed by atoms with Gasteiger partial charge in [-0.2, -0.15) is 5.10 Å². The molecule has 27 heavy (non-hydrogen) atoms. The van der Waals surface area contributed by atoms with Crippen molar-refractivity contribution in [3.8, 4) is 28.1 Å². The van der Waals surface area contributed by atoms with Crippen LogP contribution in [0.2, 0.25) is 0 Å². The first-order chi connectivity index (χ1) is 13.0. The summed E-state index contributed by atoms with van der Waals surface area (Å²) in [6, 6.07) is 21.0. The Bertz CT molecular complexity index is 1070. The zero-order valence-corrected chi connectivity index (χ0v) is 15.7. The highest BCUT2D eigenvalue weighted by Gasteiger charge is 2.16. The van der Waals surface area contributed by atoms with E-state index in [1.165, 1.54) is 28.8 Å². The Balaban J connectivity index is 1.95. The van der Waals surface area contributed by atoms with Crippen LogP contribution in [0.3, 0.4) is 0 Å². The van der Waals surface area contributed by atoms with Crippen molar-refractivity contribution in [1.82, 2.24) is 9.78 Å². The molecule has 0 unspecified atom stereocenters. The summed E-state index contributed by atoms with van der Waals surface area (Å²) in [6.07, 6.45) is 2.07. The third-order valence-corrected chi connectivity index (χ3v) is 4.78. The fourth-order valence-corrected chi connectivity index (χ4v) is 3.67. The fraction of sp³-hybridized carbons (Fsp3) is 0.125. The highest BCUT2D eigenvalue weighted by molar-refractivity contribution is 5.81. The normalized spacial score (nSPS) is 11.0. The van der Waals surface area contributed by atoms with Crippen LogP contribution in [0.4, 0.5) is 4.39 Å². The van der Waals surface area contributed by atoms with E-state index in [0.717, 1.165) is 28.1 Å². The van der Waals surface area contributed by atoms with Gasteiger partial charge in [-0.05, 0) is 61.7 Å². The first kappa shape index (κ1) is 17.2. The molecular weight excluding hydrogens is 335 g/mol. The van der Waals surface area contributed by atoms with Crippen molar-refractivity contribution in [1.29, 1.82) is 0 Å². The molecule has 4 rings (SSSR count). The van der Waals surface area contributed by atoms with E-state index in [2.05, 4.69) is 51.2 Å². The lowest BCUT2D eigenvalue weighted by atomic mass is 10.0. The van der Waals surface area contributed by atoms with Gasteiger partial charge < -0.3 is 0 Å². The van der Waals surface area contributed by atoms with Gasteiger partial charge in [0.25, 0.3) is 0 Å². The summed E-state index contributed by atoms with van der Waals surface area (Å²) in [6.45, 7) is 6.32. The number of nitrogens with zero attached hydrogens (tertiary/aromatic N) is 2. The summed E-state index contributed by atoms with van der Waals surface area (Å²) in [7, 11) is 0. The van der Waals surface area contributed by atoms with Crippen LogP contribution in [0.1, 0.15) is 16.7 Å². The topological polar surface area (TPSA) is 17.8 Å². The first-order valence-corrected chi connectivity index (χ1v) is 9.02. The highest BCUT2D eigenvalue weighted by Crippen LogP contribution is 2.33. The lowest BCUT2D eigenvalue weighted by Gasteiger charge is -2.11. The number of aryl methyl sites for hydroxylation is 3. The molecule has 0 radical (unpaired) electrons. The maximum absolute atomic E-state index is 13.4. The van der Waals surface area contributed by atoms with Crippen molar-refractivity contribution in [3.63, 3.8) is 0 Å². The highest BCUT2D eigenvalue weighted by atomic mass is 19.1. The lowest BCUT2D eigenvalue weighted by molar-refractivity contribution is 0.628. The van der Waals surface area contributed by atoms with Crippen LogP contribution in [0.5, 0.6) is 0 Å². The van der Waals surface area contributed by atoms with Gasteiger partial charge in [0.05, 0.1) is 5.69 Å². The molecule has 0 spiro atoms. The number of halogens is 1. The molecule has 0 saturated heterocycles. The summed E-state index contributed by atoms with van der Waals surface area (Å²) in [4.78, 5) is 0. The summed E-state index contributed by atoms with van der Waals surface area (Å²) in [5, 5.41) is 4.90. The Morgan fingerprint density at radius 2 is 1.41 bits per heavy atom. The van der Waals surface area contributed by atoms with E-state index >= 15 is 0 Å². The second-order valence-corrected chi connectivity index (χ2v) is 6.96. The quantitative estimate of drug-likeness (QED) is 0.423. The number of hydrogen-bond acceptors (Lipinski definition) is 1. The van der Waals surface area contributed by atoms with Crippen LogP contribution in [0, 0.1) is 26.6 Å². The number of hydrogen-bond donors (Lipinski definition) is 0. The minimum atomic E-state index is -0.246. The van der Waals surface area contributed by atoms with Crippen molar-refractivity contribution in [2.24, 2.45) is 0 Å². The van der Waals surface area contributed by atoms with Gasteiger partial charge in [-0.3, -0.25) is 0 Å². The molecule has 0 amide bonds. The number of rotatable bonds is 3. The van der Waals surface area contributed by atoms with Crippen LogP contribution in [0.25, 0.3) is 28.1 Å². The summed E-state index contributed by atoms with van der Waals surface area (Å²) >= 11 is 0. The Morgan fingerprint density at radius 3 is 2.04 bits per heavy atom. The second-order valence-electron chi connectivity index (χ2n) is 6.96. The van der Waals surface area contributed by atoms with Crippen LogP contribution < -0.4 is 0 Å². The maximum atomic E-state index is 13.4. The number of benzene rings is 3. The van der Waals surface area contributed by atoms with E-state index in [1.807, 2.05) is 22.9 Å². The van der Waals surface area contributed by atoms with Crippen molar-refractivity contribution in [3.05, 3.63) is 95.4 Å². The largest absolute Gasteiger partial charge is 0.239 e. The van der Waals surface area contributed by atoms with Gasteiger partial charge in [0.2, 0.25) is 0 Å². The van der Waals surface area contributed by atoms with Gasteiger partial charge in [0.1, 0.15) is 11.5 Å². The molecule has 3 aromatic carbocycles. The minimum Gasteiger partial charge on any atom is -0.239 e. The van der Waals surface area contributed by atoms with Crippen LogP contribution in [-0.4, -0.2) is 9.78 Å². The Hall–Kier alpha value is -3.20. The molecule has 2 nitrogen and oxygen atoms in total. The van der Waals surface area contributed by atoms with Crippen molar-refractivity contribution < 1.29 is 4.39 Å². The van der Waals surface area contributed by atoms with Crippen LogP contribution in [0.15, 0.2) is 72.9 Å². The molecule has 0 atom stereocenters. The van der Waals surface area contributed by atoms with E-state index in [4.69, 9.17) is 5.10 Å². The summed E-state index contributed by atoms with van der Waals surface area (Å²) < 4.78 is 15.4. The van der Waals surface area contributed by atoms with E-state index in [9.17, 15) is 4.39 Å². The smallest absolute Gasteiger partial charge is 0.123 e. The monoisotopic (exact) mass is 356 g/mol. The van der Waals surface area contributed by atoms with Gasteiger partial charge >= 0.3 is 0 Å². The van der Waals surface area contributed by atoms with Gasteiger partial charge in [0.15, 0.2) is 0 Å². The molecule has 4 aromatic rings. The minimum absolute atomic E-state index is 0.246. The molecule has 0 aliphatic carbocycles. The Labute approximate surface area is 158 Å². The molecule has 0 bridgehead atoms. The van der Waals surface area contributed by atoms with Crippen molar-refractivity contribution >= 4 is 0 Å². The third-order valence-electron chi connectivity index (χ3n) is 4.78. The second kappa shape index (κ2) is 6.84. The van der Waals surface area contributed by atoms with Crippen LogP contribution in [-0.2, 0) is 0 Å². The zero-order chi connectivity index (χ0) is 19.0. The van der Waals surface area contributed by atoms with Crippen molar-refractivity contribution in [2.75, 3.05) is 0 Å². The van der Waals surface area contributed by atoms with Crippen molar-refractivity contribution in [2.45, 2.75) is 20.8 Å². The van der Waals surface area contributed by atoms with Gasteiger partial charge in [-0.25, -0.2) is 9.07 Å². The molecule has 0 N–H and O–H groups in total. The molecule has 0 fully saturated rings. The fourth-order valence-electron chi connectivity index (χ4n) is 3.67. The molecule has 3 heteroatoms. The maximum Gasteiger partial charge on any atom is 0.123 e. The molecule has 0 aliphatic heterocycles. The Kier molecular flexibility index (Phi) is 4.36. The predicted octanol–water partition coefficient (Wildman–Crippen LogP) is 6.27. The average molecular weight is 356 g/mol. The average Bonchev–Trinajstić information content (AvgIpc) is 3.07. The summed E-state index contributed by atoms with van der Waals surface area (Å²) in [5.41, 5.74) is 8.55. The predicted molar refractivity (Wildman–Crippen MR) is 109 cm³/mol. The van der Waals surface area contributed by atoms with Gasteiger partial charge in [0, 0.05) is 17.3 Å². The SMILES string of the molecule is Cc1cc(C)c(-n2cc(-c3ccccc3)c(-c3ccc(F)cc3)n2)c(C)c1. The van der Waals surface area contributed by atoms with E-state index in [-0.39, 0.29) is 5.82 Å². The molecule has 0 aliphatic rings. The van der Waals surface area contributed by atoms with Gasteiger partial charge in [-0.15, -0.1) is 0 Å². The van der Waals surface area contributed by atoms with E-state index in [0.29, 0.717) is 0 Å². The zero-order valence-electron chi connectivity index (χ0n) is 15.7. The number of aromatic nitrogens is 2. The third kappa shape index (κ3) is 3.28. The first-order valence-electron chi connectivity index (χ1n) is 9.02. The summed E-state index contributed by atoms with van der Waals surface area (Å²) in [5.74, 6) is -0.246. The molecule has 1 aromatic heterocycles. The van der Waals surface area contributed by atoms with Gasteiger partial charge in [-0.1, -0.05) is 48.0 Å². The Morgan fingerprint density at radius 1 is 0.778 bits per heavy atom. The molecular formula is C24H21FN2. The van der Waals surface area contributed by atoms with Crippen LogP contribution >= 0.6 is 0 Å². The molecule has 0 saturated carbocycles. The lowest BCUT2D eigenvalue weighted by Crippen LogP contribution is -2.01. The molecule has 134 valence electrons.